The Morgan fingerprint density at radius 3 is 2.81 bits per heavy atom. The van der Waals surface area contributed by atoms with Crippen LogP contribution >= 0.6 is 11.8 Å². The number of carbonyl (C=O) groups is 3. The Morgan fingerprint density at radius 1 is 1.19 bits per heavy atom. The third kappa shape index (κ3) is 4.79. The monoisotopic (exact) mass is 386 g/mol. The minimum atomic E-state index is -0.647. The number of para-hydroxylation sites is 1. The first kappa shape index (κ1) is 18.8. The van der Waals surface area contributed by atoms with Crippen molar-refractivity contribution in [3.8, 4) is 5.75 Å². The SMILES string of the molecule is COc1cccc(NC(=O)COC(=O)CN2C(=O)CSc3ccccc32)c1. The largest absolute Gasteiger partial charge is 0.497 e. The van der Waals surface area contributed by atoms with Crippen LogP contribution in [-0.4, -0.2) is 43.8 Å². The first-order valence-corrected chi connectivity index (χ1v) is 9.17. The average molecular weight is 386 g/mol. The van der Waals surface area contributed by atoms with Gasteiger partial charge in [-0.25, -0.2) is 0 Å². The summed E-state index contributed by atoms with van der Waals surface area (Å²) in [5.41, 5.74) is 1.21. The highest BCUT2D eigenvalue weighted by Crippen LogP contribution is 2.34. The van der Waals surface area contributed by atoms with E-state index in [0.717, 1.165) is 4.90 Å². The molecule has 1 N–H and O–H groups in total. The van der Waals surface area contributed by atoms with Gasteiger partial charge in [0.05, 0.1) is 18.6 Å². The number of hydrogen-bond donors (Lipinski definition) is 1. The molecule has 0 atom stereocenters. The number of ether oxygens (including phenoxy) is 2. The lowest BCUT2D eigenvalue weighted by molar-refractivity contribution is -0.146. The van der Waals surface area contributed by atoms with E-state index >= 15 is 0 Å². The van der Waals surface area contributed by atoms with E-state index in [-0.39, 0.29) is 18.2 Å². The maximum absolute atomic E-state index is 12.1. The lowest BCUT2D eigenvalue weighted by atomic mass is 10.2. The topological polar surface area (TPSA) is 84.9 Å². The molecule has 8 heteroatoms. The maximum Gasteiger partial charge on any atom is 0.326 e. The molecule has 0 bridgehead atoms. The summed E-state index contributed by atoms with van der Waals surface area (Å²) in [5, 5.41) is 2.62. The lowest BCUT2D eigenvalue weighted by Gasteiger charge is -2.27. The number of anilines is 2. The van der Waals surface area contributed by atoms with Crippen LogP contribution in [0.2, 0.25) is 0 Å². The zero-order valence-electron chi connectivity index (χ0n) is 14.6. The van der Waals surface area contributed by atoms with Crippen molar-refractivity contribution in [2.24, 2.45) is 0 Å². The van der Waals surface area contributed by atoms with E-state index < -0.39 is 18.5 Å². The number of esters is 1. The summed E-state index contributed by atoms with van der Waals surface area (Å²) in [6, 6.07) is 14.2. The fourth-order valence-electron chi connectivity index (χ4n) is 2.55. The molecule has 1 heterocycles. The number of hydrogen-bond acceptors (Lipinski definition) is 6. The maximum atomic E-state index is 12.1. The molecular formula is C19H18N2O5S. The zero-order valence-corrected chi connectivity index (χ0v) is 15.5. The number of nitrogens with one attached hydrogen (secondary N) is 1. The predicted molar refractivity (Wildman–Crippen MR) is 102 cm³/mol. The van der Waals surface area contributed by atoms with Crippen LogP contribution in [0.5, 0.6) is 5.75 Å². The Balaban J connectivity index is 1.54. The number of thioether (sulfide) groups is 1. The number of rotatable bonds is 6. The average Bonchev–Trinajstić information content (AvgIpc) is 2.69. The third-order valence-electron chi connectivity index (χ3n) is 3.81. The second kappa shape index (κ2) is 8.59. The number of methoxy groups -OCH3 is 1. The smallest absolute Gasteiger partial charge is 0.326 e. The summed E-state index contributed by atoms with van der Waals surface area (Å²) < 4.78 is 10.1. The fourth-order valence-corrected chi connectivity index (χ4v) is 3.48. The molecule has 1 aliphatic heterocycles. The van der Waals surface area contributed by atoms with Crippen molar-refractivity contribution < 1.29 is 23.9 Å². The Labute approximate surface area is 160 Å². The normalized spacial score (nSPS) is 12.9. The number of amides is 2. The molecule has 0 aliphatic carbocycles. The van der Waals surface area contributed by atoms with Crippen LogP contribution in [0.25, 0.3) is 0 Å². The first-order valence-electron chi connectivity index (χ1n) is 8.18. The molecule has 0 radical (unpaired) electrons. The van der Waals surface area contributed by atoms with Gasteiger partial charge in [0.1, 0.15) is 12.3 Å². The molecule has 7 nitrogen and oxygen atoms in total. The van der Waals surface area contributed by atoms with Gasteiger partial charge in [-0.1, -0.05) is 18.2 Å². The van der Waals surface area contributed by atoms with Crippen LogP contribution in [0.1, 0.15) is 0 Å². The standard InChI is InChI=1S/C19H18N2O5S/c1-25-14-6-4-5-13(9-14)20-17(22)11-26-19(24)10-21-15-7-2-3-8-16(15)27-12-18(21)23/h2-9H,10-12H2,1H3,(H,20,22). The van der Waals surface area contributed by atoms with Gasteiger partial charge in [-0.3, -0.25) is 19.3 Å². The number of carbonyl (C=O) groups excluding carboxylic acids is 3. The fraction of sp³-hybridized carbons (Fsp3) is 0.211. The molecule has 0 aromatic heterocycles. The van der Waals surface area contributed by atoms with Gasteiger partial charge in [-0.15, -0.1) is 11.8 Å². The molecule has 2 aromatic carbocycles. The third-order valence-corrected chi connectivity index (χ3v) is 4.86. The van der Waals surface area contributed by atoms with Gasteiger partial charge < -0.3 is 14.8 Å². The van der Waals surface area contributed by atoms with Crippen molar-refractivity contribution >= 4 is 40.9 Å². The lowest BCUT2D eigenvalue weighted by Crippen LogP contribution is -2.40. The summed E-state index contributed by atoms with van der Waals surface area (Å²) in [4.78, 5) is 38.5. The summed E-state index contributed by atoms with van der Waals surface area (Å²) in [6.07, 6.45) is 0. The Kier molecular flexibility index (Phi) is 5.97. The Bertz CT molecular complexity index is 871. The van der Waals surface area contributed by atoms with Gasteiger partial charge in [0.2, 0.25) is 5.91 Å². The molecule has 140 valence electrons. The van der Waals surface area contributed by atoms with Gasteiger partial charge in [0.25, 0.3) is 5.91 Å². The van der Waals surface area contributed by atoms with Crippen LogP contribution in [-0.2, 0) is 19.1 Å². The second-order valence-corrected chi connectivity index (χ2v) is 6.69. The highest BCUT2D eigenvalue weighted by Gasteiger charge is 2.26. The molecule has 0 saturated carbocycles. The van der Waals surface area contributed by atoms with E-state index in [1.54, 1.807) is 36.4 Å². The minimum absolute atomic E-state index is 0.170. The minimum Gasteiger partial charge on any atom is -0.497 e. The van der Waals surface area contributed by atoms with Crippen LogP contribution in [0.4, 0.5) is 11.4 Å². The molecule has 2 aromatic rings. The van der Waals surface area contributed by atoms with E-state index in [1.807, 2.05) is 12.1 Å². The van der Waals surface area contributed by atoms with E-state index in [4.69, 9.17) is 9.47 Å². The van der Waals surface area contributed by atoms with Crippen LogP contribution < -0.4 is 15.0 Å². The summed E-state index contributed by atoms with van der Waals surface area (Å²) in [7, 11) is 1.53. The van der Waals surface area contributed by atoms with E-state index in [2.05, 4.69) is 5.32 Å². The highest BCUT2D eigenvalue weighted by atomic mass is 32.2. The quantitative estimate of drug-likeness (QED) is 0.767. The predicted octanol–water partition coefficient (Wildman–Crippen LogP) is 2.32. The van der Waals surface area contributed by atoms with Gasteiger partial charge in [0.15, 0.2) is 6.61 Å². The molecule has 1 aliphatic rings. The molecular weight excluding hydrogens is 368 g/mol. The van der Waals surface area contributed by atoms with Crippen molar-refractivity contribution in [3.63, 3.8) is 0 Å². The van der Waals surface area contributed by atoms with Crippen molar-refractivity contribution in [2.75, 3.05) is 36.2 Å². The number of fused-ring (bicyclic) bond motifs is 1. The van der Waals surface area contributed by atoms with Gasteiger partial charge in [-0.05, 0) is 24.3 Å². The van der Waals surface area contributed by atoms with E-state index in [9.17, 15) is 14.4 Å². The first-order chi connectivity index (χ1) is 13.1. The summed E-state index contributed by atoms with van der Waals surface area (Å²) >= 11 is 1.43. The highest BCUT2D eigenvalue weighted by molar-refractivity contribution is 8.00. The number of benzene rings is 2. The molecule has 0 spiro atoms. The second-order valence-electron chi connectivity index (χ2n) is 5.68. The molecule has 3 rings (SSSR count). The van der Waals surface area contributed by atoms with E-state index in [1.165, 1.54) is 23.8 Å². The van der Waals surface area contributed by atoms with Crippen molar-refractivity contribution in [1.29, 1.82) is 0 Å². The van der Waals surface area contributed by atoms with Gasteiger partial charge in [0, 0.05) is 16.6 Å². The summed E-state index contributed by atoms with van der Waals surface area (Å²) in [6.45, 7) is -0.669. The van der Waals surface area contributed by atoms with Gasteiger partial charge >= 0.3 is 5.97 Å². The zero-order chi connectivity index (χ0) is 19.2. The van der Waals surface area contributed by atoms with Crippen molar-refractivity contribution in [3.05, 3.63) is 48.5 Å². The molecule has 27 heavy (non-hydrogen) atoms. The molecule has 0 unspecified atom stereocenters. The molecule has 0 saturated heterocycles. The van der Waals surface area contributed by atoms with Crippen LogP contribution in [0, 0.1) is 0 Å². The van der Waals surface area contributed by atoms with E-state index in [0.29, 0.717) is 17.1 Å². The summed E-state index contributed by atoms with van der Waals surface area (Å²) in [5.74, 6) is -0.425. The van der Waals surface area contributed by atoms with Crippen LogP contribution in [0.15, 0.2) is 53.4 Å². The Morgan fingerprint density at radius 2 is 2.00 bits per heavy atom. The Hall–Kier alpha value is -3.00. The van der Waals surface area contributed by atoms with Crippen LogP contribution in [0.3, 0.4) is 0 Å². The number of nitrogens with zero attached hydrogens (tertiary/aromatic N) is 1. The molecule has 2 amide bonds. The van der Waals surface area contributed by atoms with Crippen molar-refractivity contribution in [1.82, 2.24) is 0 Å². The van der Waals surface area contributed by atoms with Crippen molar-refractivity contribution in [2.45, 2.75) is 4.90 Å². The molecule has 0 fully saturated rings. The van der Waals surface area contributed by atoms with Gasteiger partial charge in [-0.2, -0.15) is 0 Å².